The summed E-state index contributed by atoms with van der Waals surface area (Å²) >= 11 is 0. The Bertz CT molecular complexity index is 218. The van der Waals surface area contributed by atoms with Crippen molar-refractivity contribution in [2.24, 2.45) is 0 Å². The highest BCUT2D eigenvalue weighted by atomic mass is 16.5. The molecule has 0 aliphatic rings. The van der Waals surface area contributed by atoms with Gasteiger partial charge in [0.2, 0.25) is 0 Å². The van der Waals surface area contributed by atoms with Crippen LogP contribution in [0.25, 0.3) is 0 Å². The molecule has 5 heteroatoms. The molecule has 0 bridgehead atoms. The second-order valence-electron chi connectivity index (χ2n) is 3.54. The van der Waals surface area contributed by atoms with Gasteiger partial charge >= 0.3 is 11.9 Å². The van der Waals surface area contributed by atoms with E-state index < -0.39 is 0 Å². The molecule has 0 aliphatic heterocycles. The molecular formula is C11H21NO4. The first-order valence-electron chi connectivity index (χ1n) is 5.51. The second kappa shape index (κ2) is 9.15. The van der Waals surface area contributed by atoms with Crippen molar-refractivity contribution in [3.63, 3.8) is 0 Å². The van der Waals surface area contributed by atoms with Crippen molar-refractivity contribution in [3.8, 4) is 0 Å². The van der Waals surface area contributed by atoms with Crippen LogP contribution in [0.15, 0.2) is 0 Å². The Hall–Kier alpha value is -1.10. The summed E-state index contributed by atoms with van der Waals surface area (Å²) in [6, 6.07) is 0. The Kier molecular flexibility index (Phi) is 8.52. The number of carbonyl (C=O) groups excluding carboxylic acids is 2. The third kappa shape index (κ3) is 8.23. The second-order valence-corrected chi connectivity index (χ2v) is 3.54. The lowest BCUT2D eigenvalue weighted by molar-refractivity contribution is -0.144. The van der Waals surface area contributed by atoms with Gasteiger partial charge in [-0.15, -0.1) is 0 Å². The highest BCUT2D eigenvalue weighted by molar-refractivity contribution is 5.69. The van der Waals surface area contributed by atoms with E-state index >= 15 is 0 Å². The van der Waals surface area contributed by atoms with Crippen molar-refractivity contribution in [3.05, 3.63) is 0 Å². The molecule has 0 unspecified atom stereocenters. The van der Waals surface area contributed by atoms with Crippen LogP contribution < -0.4 is 0 Å². The molecule has 94 valence electrons. The van der Waals surface area contributed by atoms with Crippen LogP contribution in [0.5, 0.6) is 0 Å². The molecule has 16 heavy (non-hydrogen) atoms. The summed E-state index contributed by atoms with van der Waals surface area (Å²) in [5.41, 5.74) is 0. The number of ether oxygens (including phenoxy) is 2. The van der Waals surface area contributed by atoms with E-state index in [0.717, 1.165) is 13.0 Å². The molecule has 0 amide bonds. The van der Waals surface area contributed by atoms with Crippen LogP contribution in [0.1, 0.15) is 26.2 Å². The van der Waals surface area contributed by atoms with E-state index in [1.54, 1.807) is 6.92 Å². The molecular weight excluding hydrogens is 210 g/mol. The molecule has 0 rings (SSSR count). The third-order valence-corrected chi connectivity index (χ3v) is 2.15. The minimum Gasteiger partial charge on any atom is -0.469 e. The van der Waals surface area contributed by atoms with Crippen molar-refractivity contribution in [1.29, 1.82) is 0 Å². The minimum atomic E-state index is -0.196. The SMILES string of the molecule is CCOC(=O)CCN(C)CCCC(=O)OC. The fourth-order valence-electron chi connectivity index (χ4n) is 1.22. The number of methoxy groups -OCH3 is 1. The summed E-state index contributed by atoms with van der Waals surface area (Å²) < 4.78 is 9.34. The number of carbonyl (C=O) groups is 2. The molecule has 0 atom stereocenters. The third-order valence-electron chi connectivity index (χ3n) is 2.15. The molecule has 0 saturated heterocycles. The van der Waals surface area contributed by atoms with E-state index in [1.807, 2.05) is 11.9 Å². The largest absolute Gasteiger partial charge is 0.469 e. The monoisotopic (exact) mass is 231 g/mol. The fourth-order valence-corrected chi connectivity index (χ4v) is 1.22. The maximum absolute atomic E-state index is 11.1. The van der Waals surface area contributed by atoms with E-state index in [9.17, 15) is 9.59 Å². The molecule has 0 spiro atoms. The van der Waals surface area contributed by atoms with Crippen LogP contribution in [0.2, 0.25) is 0 Å². The Morgan fingerprint density at radius 3 is 2.38 bits per heavy atom. The van der Waals surface area contributed by atoms with Crippen molar-refractivity contribution in [2.75, 3.05) is 33.9 Å². The standard InChI is InChI=1S/C11H21NO4/c1-4-16-11(14)7-9-12(2)8-5-6-10(13)15-3/h4-9H2,1-3H3. The van der Waals surface area contributed by atoms with Crippen LogP contribution in [0.3, 0.4) is 0 Å². The van der Waals surface area contributed by atoms with E-state index in [4.69, 9.17) is 4.74 Å². The van der Waals surface area contributed by atoms with Gasteiger partial charge in [-0.1, -0.05) is 0 Å². The van der Waals surface area contributed by atoms with Crippen molar-refractivity contribution in [2.45, 2.75) is 26.2 Å². The van der Waals surface area contributed by atoms with E-state index in [0.29, 0.717) is 26.0 Å². The average Bonchev–Trinajstić information content (AvgIpc) is 2.26. The lowest BCUT2D eigenvalue weighted by Crippen LogP contribution is -2.24. The van der Waals surface area contributed by atoms with Crippen LogP contribution in [-0.2, 0) is 19.1 Å². The van der Waals surface area contributed by atoms with Gasteiger partial charge in [-0.2, -0.15) is 0 Å². The molecule has 0 aromatic carbocycles. The number of hydrogen-bond donors (Lipinski definition) is 0. The quantitative estimate of drug-likeness (QED) is 0.579. The molecule has 0 fully saturated rings. The number of esters is 2. The summed E-state index contributed by atoms with van der Waals surface area (Å²) in [5.74, 6) is -0.374. The molecule has 0 aromatic heterocycles. The van der Waals surface area contributed by atoms with Crippen molar-refractivity contribution < 1.29 is 19.1 Å². The zero-order chi connectivity index (χ0) is 12.4. The fraction of sp³-hybridized carbons (Fsp3) is 0.818. The number of rotatable bonds is 8. The van der Waals surface area contributed by atoms with E-state index in [-0.39, 0.29) is 11.9 Å². The van der Waals surface area contributed by atoms with Gasteiger partial charge in [0.15, 0.2) is 0 Å². The van der Waals surface area contributed by atoms with E-state index in [2.05, 4.69) is 4.74 Å². The Labute approximate surface area is 96.7 Å². The van der Waals surface area contributed by atoms with Crippen molar-refractivity contribution >= 4 is 11.9 Å². The van der Waals surface area contributed by atoms with Gasteiger partial charge in [-0.05, 0) is 26.9 Å². The number of nitrogens with zero attached hydrogens (tertiary/aromatic N) is 1. The minimum absolute atomic E-state index is 0.178. The first-order chi connectivity index (χ1) is 7.60. The van der Waals surface area contributed by atoms with Gasteiger partial charge in [-0.25, -0.2) is 0 Å². The van der Waals surface area contributed by atoms with E-state index in [1.165, 1.54) is 7.11 Å². The van der Waals surface area contributed by atoms with Gasteiger partial charge < -0.3 is 14.4 Å². The van der Waals surface area contributed by atoms with Gasteiger partial charge in [0.1, 0.15) is 0 Å². The Morgan fingerprint density at radius 1 is 1.12 bits per heavy atom. The average molecular weight is 231 g/mol. The molecule has 5 nitrogen and oxygen atoms in total. The normalized spacial score (nSPS) is 10.2. The zero-order valence-electron chi connectivity index (χ0n) is 10.3. The highest BCUT2D eigenvalue weighted by Gasteiger charge is 2.06. The van der Waals surface area contributed by atoms with Gasteiger partial charge in [-0.3, -0.25) is 9.59 Å². The predicted molar refractivity (Wildman–Crippen MR) is 60.0 cm³/mol. The molecule has 0 aliphatic carbocycles. The Balaban J connectivity index is 3.47. The van der Waals surface area contributed by atoms with Gasteiger partial charge in [0.25, 0.3) is 0 Å². The van der Waals surface area contributed by atoms with Crippen LogP contribution in [-0.4, -0.2) is 50.7 Å². The smallest absolute Gasteiger partial charge is 0.307 e. The van der Waals surface area contributed by atoms with Crippen LogP contribution in [0, 0.1) is 0 Å². The first kappa shape index (κ1) is 14.9. The Morgan fingerprint density at radius 2 is 1.81 bits per heavy atom. The molecule has 0 radical (unpaired) electrons. The van der Waals surface area contributed by atoms with Crippen molar-refractivity contribution in [1.82, 2.24) is 4.90 Å². The van der Waals surface area contributed by atoms with Crippen LogP contribution >= 0.6 is 0 Å². The summed E-state index contributed by atoms with van der Waals surface area (Å²) in [7, 11) is 3.29. The molecule has 0 aromatic rings. The summed E-state index contributed by atoms with van der Waals surface area (Å²) in [4.78, 5) is 23.9. The molecule has 0 saturated carbocycles. The first-order valence-corrected chi connectivity index (χ1v) is 5.51. The predicted octanol–water partition coefficient (Wildman–Crippen LogP) is 0.825. The topological polar surface area (TPSA) is 55.8 Å². The maximum atomic E-state index is 11.1. The summed E-state index contributed by atoms with van der Waals surface area (Å²) in [6.07, 6.45) is 1.55. The van der Waals surface area contributed by atoms with Crippen LogP contribution in [0.4, 0.5) is 0 Å². The lowest BCUT2D eigenvalue weighted by Gasteiger charge is -2.15. The maximum Gasteiger partial charge on any atom is 0.307 e. The number of hydrogen-bond acceptors (Lipinski definition) is 5. The molecule has 0 heterocycles. The van der Waals surface area contributed by atoms with Gasteiger partial charge in [0.05, 0.1) is 20.1 Å². The molecule has 0 N–H and O–H groups in total. The summed E-state index contributed by atoms with van der Waals surface area (Å²) in [6.45, 7) is 3.64. The van der Waals surface area contributed by atoms with Gasteiger partial charge in [0, 0.05) is 13.0 Å². The summed E-state index contributed by atoms with van der Waals surface area (Å²) in [5, 5.41) is 0. The zero-order valence-corrected chi connectivity index (χ0v) is 10.3. The highest BCUT2D eigenvalue weighted by Crippen LogP contribution is 1.97. The lowest BCUT2D eigenvalue weighted by atomic mass is 10.3.